The van der Waals surface area contributed by atoms with Gasteiger partial charge >= 0.3 is 18.3 Å². The summed E-state index contributed by atoms with van der Waals surface area (Å²) in [5, 5.41) is 12.2. The van der Waals surface area contributed by atoms with E-state index < -0.39 is 101 Å². The molecular formula is C38H32F9N3O5. The number of carboxylic acid groups (broad SMARTS) is 1. The second-order valence-electron chi connectivity index (χ2n) is 13.6. The van der Waals surface area contributed by atoms with Crippen LogP contribution in [-0.4, -0.2) is 52.3 Å². The first-order chi connectivity index (χ1) is 25.7. The lowest BCUT2D eigenvalue weighted by atomic mass is 9.91. The third kappa shape index (κ3) is 8.21. The van der Waals surface area contributed by atoms with Gasteiger partial charge in [-0.15, -0.1) is 0 Å². The predicted molar refractivity (Wildman–Crippen MR) is 179 cm³/mol. The second kappa shape index (κ2) is 14.7. The molecule has 1 fully saturated rings. The summed E-state index contributed by atoms with van der Waals surface area (Å²) in [5.41, 5.74) is -5.21. The van der Waals surface area contributed by atoms with Gasteiger partial charge in [0.15, 0.2) is 0 Å². The zero-order valence-corrected chi connectivity index (χ0v) is 29.0. The number of aryl methyl sites for hydroxylation is 2. The van der Waals surface area contributed by atoms with Crippen LogP contribution in [0.4, 0.5) is 39.5 Å². The van der Waals surface area contributed by atoms with Crippen molar-refractivity contribution in [3.05, 3.63) is 121 Å². The van der Waals surface area contributed by atoms with Gasteiger partial charge in [-0.1, -0.05) is 6.07 Å². The smallest absolute Gasteiger partial charge is 0.416 e. The third-order valence-electron chi connectivity index (χ3n) is 9.62. The SMILES string of the molecule is Cc1cc2cc(c1F)[C@H](CC(=O)O)NC(=O)[C@@H](n1cc(CCN3CC(F)C3)c(C(F)(F)F)cc1=O)c1cc(ccc1F)COc1cc(C(F)(F)F)cc(C)c1-2. The minimum absolute atomic E-state index is 0.0319. The molecule has 292 valence electrons. The highest BCUT2D eigenvalue weighted by Crippen LogP contribution is 2.42. The van der Waals surface area contributed by atoms with E-state index in [1.165, 1.54) is 30.9 Å². The molecule has 1 aromatic heterocycles. The zero-order valence-electron chi connectivity index (χ0n) is 29.0. The predicted octanol–water partition coefficient (Wildman–Crippen LogP) is 7.46. The number of carbonyl (C=O) groups is 2. The van der Waals surface area contributed by atoms with Crippen molar-refractivity contribution in [2.45, 2.75) is 63.9 Å². The van der Waals surface area contributed by atoms with E-state index in [2.05, 4.69) is 5.32 Å². The van der Waals surface area contributed by atoms with Crippen molar-refractivity contribution in [2.24, 2.45) is 0 Å². The molecule has 0 saturated carbocycles. The van der Waals surface area contributed by atoms with Crippen LogP contribution >= 0.6 is 0 Å². The van der Waals surface area contributed by atoms with Crippen LogP contribution in [0.3, 0.4) is 0 Å². The normalized spacial score (nSPS) is 18.1. The van der Waals surface area contributed by atoms with Gasteiger partial charge in [0, 0.05) is 48.6 Å². The van der Waals surface area contributed by atoms with Crippen LogP contribution in [0.2, 0.25) is 0 Å². The highest BCUT2D eigenvalue weighted by atomic mass is 19.4. The van der Waals surface area contributed by atoms with Gasteiger partial charge in [-0.2, -0.15) is 26.3 Å². The van der Waals surface area contributed by atoms with Crippen molar-refractivity contribution in [1.82, 2.24) is 14.8 Å². The maximum absolute atomic E-state index is 16.0. The number of hydrogen-bond donors (Lipinski definition) is 2. The van der Waals surface area contributed by atoms with Crippen LogP contribution in [-0.2, 0) is 35.0 Å². The fraction of sp³-hybridized carbons (Fsp3) is 0.342. The first-order valence-corrected chi connectivity index (χ1v) is 16.9. The van der Waals surface area contributed by atoms with Crippen molar-refractivity contribution in [1.29, 1.82) is 0 Å². The van der Waals surface area contributed by atoms with Gasteiger partial charge < -0.3 is 15.2 Å². The van der Waals surface area contributed by atoms with E-state index in [1.54, 1.807) is 0 Å². The largest absolute Gasteiger partial charge is 0.488 e. The molecular weight excluding hydrogens is 749 g/mol. The summed E-state index contributed by atoms with van der Waals surface area (Å²) < 4.78 is 136. The Labute approximate surface area is 307 Å². The number of rotatable bonds is 6. The van der Waals surface area contributed by atoms with Crippen LogP contribution in [0.15, 0.2) is 59.5 Å². The van der Waals surface area contributed by atoms with Gasteiger partial charge in [0.1, 0.15) is 36.2 Å². The number of aromatic nitrogens is 1. The lowest BCUT2D eigenvalue weighted by molar-refractivity contribution is -0.139. The van der Waals surface area contributed by atoms with Crippen LogP contribution in [0.5, 0.6) is 5.75 Å². The Morgan fingerprint density at radius 3 is 2.27 bits per heavy atom. The standard InChI is InChI=1S/C38H32F9N3O5/c1-18-8-23(37(42,43)44)11-30-33(18)22-7-19(2)34(41)26(10-22)29(13-32(52)53)48-36(54)35(25-9-20(17-55-30)3-4-28(25)40)50-14-21(5-6-49-15-24(39)16-49)27(12-31(50)51)38(45,46)47/h3-4,7-12,14,24,29,35H,5-6,13,15-17H2,1-2H3,(H,48,54)(H,52,53)/t29-,35-/m0/s1. The van der Waals surface area contributed by atoms with Crippen LogP contribution < -0.4 is 15.6 Å². The fourth-order valence-electron chi connectivity index (χ4n) is 6.96. The summed E-state index contributed by atoms with van der Waals surface area (Å²) in [6.07, 6.45) is -11.7. The Hall–Kier alpha value is -5.32. The number of hydrogen-bond acceptors (Lipinski definition) is 5. The number of nitrogens with zero attached hydrogens (tertiary/aromatic N) is 2. The summed E-state index contributed by atoms with van der Waals surface area (Å²) in [6, 6.07) is 3.38. The van der Waals surface area contributed by atoms with Gasteiger partial charge in [0.25, 0.3) is 5.56 Å². The van der Waals surface area contributed by atoms with Crippen LogP contribution in [0.25, 0.3) is 11.1 Å². The van der Waals surface area contributed by atoms with Crippen LogP contribution in [0, 0.1) is 25.5 Å². The van der Waals surface area contributed by atoms with Gasteiger partial charge in [-0.25, -0.2) is 13.2 Å². The Morgan fingerprint density at radius 1 is 0.927 bits per heavy atom. The summed E-state index contributed by atoms with van der Waals surface area (Å²) in [4.78, 5) is 41.5. The summed E-state index contributed by atoms with van der Waals surface area (Å²) in [6.45, 7) is 1.99. The van der Waals surface area contributed by atoms with Gasteiger partial charge in [0.05, 0.1) is 23.6 Å². The number of ether oxygens (including phenoxy) is 1. The molecule has 1 amide bonds. The Balaban J connectivity index is 1.58. The summed E-state index contributed by atoms with van der Waals surface area (Å²) in [5.74, 6) is -5.33. The molecule has 0 spiro atoms. The molecule has 2 N–H and O–H groups in total. The highest BCUT2D eigenvalue weighted by molar-refractivity contribution is 5.85. The number of aliphatic carboxylic acids is 1. The number of carboxylic acids is 1. The monoisotopic (exact) mass is 781 g/mol. The molecule has 0 radical (unpaired) electrons. The molecule has 3 heterocycles. The Morgan fingerprint density at radius 2 is 1.64 bits per heavy atom. The number of nitrogens with one attached hydrogen (secondary N) is 1. The Kier molecular flexibility index (Phi) is 10.5. The Bertz CT molecular complexity index is 2230. The molecule has 2 aliphatic heterocycles. The zero-order chi connectivity index (χ0) is 40.1. The average Bonchev–Trinajstić information content (AvgIpc) is 3.06. The lowest BCUT2D eigenvalue weighted by Gasteiger charge is -2.34. The van der Waals surface area contributed by atoms with E-state index in [1.807, 2.05) is 0 Å². The number of alkyl halides is 7. The van der Waals surface area contributed by atoms with Gasteiger partial charge in [0.2, 0.25) is 5.91 Å². The summed E-state index contributed by atoms with van der Waals surface area (Å²) in [7, 11) is 0. The minimum Gasteiger partial charge on any atom is -0.488 e. The van der Waals surface area contributed by atoms with E-state index in [4.69, 9.17) is 4.74 Å². The molecule has 17 heteroatoms. The highest BCUT2D eigenvalue weighted by Gasteiger charge is 2.38. The van der Waals surface area contributed by atoms with Crippen molar-refractivity contribution in [3.63, 3.8) is 0 Å². The van der Waals surface area contributed by atoms with E-state index >= 15 is 8.78 Å². The van der Waals surface area contributed by atoms with Crippen molar-refractivity contribution in [3.8, 4) is 16.9 Å². The summed E-state index contributed by atoms with van der Waals surface area (Å²) >= 11 is 0. The first kappa shape index (κ1) is 39.4. The number of halogens is 9. The van der Waals surface area contributed by atoms with E-state index in [9.17, 15) is 50.2 Å². The molecule has 3 aromatic carbocycles. The second-order valence-corrected chi connectivity index (χ2v) is 13.6. The maximum Gasteiger partial charge on any atom is 0.416 e. The number of likely N-dealkylation sites (tertiary alicyclic amines) is 1. The molecule has 0 aliphatic carbocycles. The molecule has 0 unspecified atom stereocenters. The van der Waals surface area contributed by atoms with E-state index in [-0.39, 0.29) is 65.7 Å². The fourth-order valence-corrected chi connectivity index (χ4v) is 6.96. The topological polar surface area (TPSA) is 101 Å². The quantitative estimate of drug-likeness (QED) is 0.197. The molecule has 2 atom stereocenters. The van der Waals surface area contributed by atoms with Crippen LogP contribution in [0.1, 0.15) is 63.0 Å². The van der Waals surface area contributed by atoms with E-state index in [0.29, 0.717) is 10.6 Å². The molecule has 6 rings (SSSR count). The molecule has 2 aliphatic rings. The van der Waals surface area contributed by atoms with E-state index in [0.717, 1.165) is 30.5 Å². The first-order valence-electron chi connectivity index (χ1n) is 16.9. The number of benzene rings is 3. The van der Waals surface area contributed by atoms with Crippen molar-refractivity contribution in [2.75, 3.05) is 19.6 Å². The average molecular weight is 782 g/mol. The maximum atomic E-state index is 16.0. The number of pyridine rings is 1. The molecule has 8 nitrogen and oxygen atoms in total. The molecule has 4 aromatic rings. The van der Waals surface area contributed by atoms with Crippen molar-refractivity contribution < 1.29 is 58.9 Å². The molecule has 4 bridgehead atoms. The number of fused-ring (bicyclic) bond motifs is 6. The van der Waals surface area contributed by atoms with Gasteiger partial charge in [-0.05, 0) is 84.5 Å². The number of amides is 1. The molecule has 1 saturated heterocycles. The molecule has 55 heavy (non-hydrogen) atoms. The lowest BCUT2D eigenvalue weighted by Crippen LogP contribution is -2.49. The minimum atomic E-state index is -5.05. The number of carbonyl (C=O) groups excluding carboxylic acids is 1. The van der Waals surface area contributed by atoms with Gasteiger partial charge in [-0.3, -0.25) is 23.9 Å². The third-order valence-corrected chi connectivity index (χ3v) is 9.62. The van der Waals surface area contributed by atoms with Crippen molar-refractivity contribution >= 4 is 11.9 Å².